The number of nitrogens with zero attached hydrogens (tertiary/aromatic N) is 2. The maximum absolute atomic E-state index is 10.8. The van der Waals surface area contributed by atoms with Crippen LogP contribution in [-0.4, -0.2) is 77.6 Å². The number of nitrogens with two attached hydrogens (primary N) is 1. The predicted octanol–water partition coefficient (Wildman–Crippen LogP) is -0.609. The van der Waals surface area contributed by atoms with Gasteiger partial charge in [-0.25, -0.2) is 4.98 Å². The van der Waals surface area contributed by atoms with Crippen LogP contribution in [0.2, 0.25) is 0 Å². The summed E-state index contributed by atoms with van der Waals surface area (Å²) in [5, 5.41) is 25.8. The molecule has 11 heteroatoms. The van der Waals surface area contributed by atoms with E-state index in [4.69, 9.17) is 25.6 Å². The largest absolute Gasteiger partial charge is 0.395 e. The summed E-state index contributed by atoms with van der Waals surface area (Å²) in [6, 6.07) is 4.14. The average Bonchev–Trinajstić information content (AvgIpc) is 2.87. The van der Waals surface area contributed by atoms with Gasteiger partial charge in [0.15, 0.2) is 5.13 Å². The number of hydrogen-bond donors (Lipinski definition) is 5. The van der Waals surface area contributed by atoms with Crippen molar-refractivity contribution in [2.75, 3.05) is 45.2 Å². The second kappa shape index (κ2) is 9.84. The molecule has 1 aromatic carbocycles. The Hall–Kier alpha value is -1.34. The molecule has 1 heterocycles. The summed E-state index contributed by atoms with van der Waals surface area (Å²) >= 11 is 1.17. The summed E-state index contributed by atoms with van der Waals surface area (Å²) in [6.07, 6.45) is 0. The van der Waals surface area contributed by atoms with Crippen LogP contribution in [0.5, 0.6) is 0 Å². The van der Waals surface area contributed by atoms with Gasteiger partial charge < -0.3 is 21.1 Å². The van der Waals surface area contributed by atoms with Gasteiger partial charge in [-0.05, 0) is 18.2 Å². The van der Waals surface area contributed by atoms with Gasteiger partial charge in [-0.2, -0.15) is 8.42 Å². The molecule has 2 rings (SSSR count). The molecule has 0 unspecified atom stereocenters. The lowest BCUT2D eigenvalue weighted by Gasteiger charge is -2.17. The second-order valence-electron chi connectivity index (χ2n) is 4.67. The van der Waals surface area contributed by atoms with Crippen molar-refractivity contribution in [2.24, 2.45) is 0 Å². The smallest absolute Gasteiger partial charge is 0.294 e. The number of anilines is 1. The predicted molar refractivity (Wildman–Crippen MR) is 91.5 cm³/mol. The Kier molecular flexibility index (Phi) is 8.48. The van der Waals surface area contributed by atoms with Crippen molar-refractivity contribution in [3.05, 3.63) is 18.2 Å². The van der Waals surface area contributed by atoms with Crippen LogP contribution in [0, 0.1) is 0 Å². The van der Waals surface area contributed by atoms with Gasteiger partial charge >= 0.3 is 0 Å². The average molecular weight is 379 g/mol. The number of hydrogen-bond acceptors (Lipinski definition) is 9. The van der Waals surface area contributed by atoms with Gasteiger partial charge in [0.25, 0.3) is 10.1 Å². The van der Waals surface area contributed by atoms with E-state index in [-0.39, 0.29) is 24.7 Å². The highest BCUT2D eigenvalue weighted by molar-refractivity contribution is 7.85. The standard InChI is InChI=1S/C7H6N2O3S2.C6H15NO3/c8-7-9-5-2-1-4(14(10,11)12)3-6(5)13-7;8-4-1-7(2-5-9)3-6-10/h1-3H,(H2,8,9)(H,10,11,12);8-10H,1-6H2. The van der Waals surface area contributed by atoms with Gasteiger partial charge in [-0.15, -0.1) is 0 Å². The van der Waals surface area contributed by atoms with E-state index in [1.54, 1.807) is 4.90 Å². The molecule has 0 saturated carbocycles. The topological polar surface area (TPSA) is 157 Å². The molecule has 6 N–H and O–H groups in total. The van der Waals surface area contributed by atoms with Crippen molar-refractivity contribution in [3.8, 4) is 0 Å². The summed E-state index contributed by atoms with van der Waals surface area (Å²) in [6.45, 7) is 1.75. The highest BCUT2D eigenvalue weighted by Gasteiger charge is 2.11. The van der Waals surface area contributed by atoms with Gasteiger partial charge in [0.05, 0.1) is 34.9 Å². The van der Waals surface area contributed by atoms with Crippen molar-refractivity contribution in [1.29, 1.82) is 0 Å². The number of thiazole rings is 1. The summed E-state index contributed by atoms with van der Waals surface area (Å²) in [4.78, 5) is 5.60. The molecule has 0 saturated heterocycles. The van der Waals surface area contributed by atoms with Crippen LogP contribution >= 0.6 is 11.3 Å². The van der Waals surface area contributed by atoms with Crippen molar-refractivity contribution < 1.29 is 28.3 Å². The Morgan fingerprint density at radius 2 is 1.62 bits per heavy atom. The minimum atomic E-state index is -4.15. The third kappa shape index (κ3) is 6.65. The molecule has 1 aromatic heterocycles. The van der Waals surface area contributed by atoms with E-state index in [1.165, 1.54) is 29.5 Å². The lowest BCUT2D eigenvalue weighted by Crippen LogP contribution is -2.32. The van der Waals surface area contributed by atoms with Gasteiger partial charge in [-0.3, -0.25) is 9.45 Å². The monoisotopic (exact) mass is 379 g/mol. The highest BCUT2D eigenvalue weighted by atomic mass is 32.2. The molecule has 0 aliphatic carbocycles. The minimum Gasteiger partial charge on any atom is -0.395 e. The third-order valence-electron chi connectivity index (χ3n) is 2.92. The van der Waals surface area contributed by atoms with E-state index in [9.17, 15) is 8.42 Å². The van der Waals surface area contributed by atoms with Gasteiger partial charge in [0.1, 0.15) is 0 Å². The van der Waals surface area contributed by atoms with E-state index in [2.05, 4.69) is 4.98 Å². The summed E-state index contributed by atoms with van der Waals surface area (Å²) in [7, 11) is -4.15. The molecule has 0 radical (unpaired) electrons. The normalized spacial score (nSPS) is 11.5. The highest BCUT2D eigenvalue weighted by Crippen LogP contribution is 2.25. The number of fused-ring (bicyclic) bond motifs is 1. The number of aliphatic hydroxyl groups excluding tert-OH is 3. The Morgan fingerprint density at radius 3 is 2.08 bits per heavy atom. The quantitative estimate of drug-likeness (QED) is 0.396. The third-order valence-corrected chi connectivity index (χ3v) is 4.62. The zero-order valence-corrected chi connectivity index (χ0v) is 14.5. The second-order valence-corrected chi connectivity index (χ2v) is 7.15. The molecule has 2 aromatic rings. The SMILES string of the molecule is Nc1nc2ccc(S(=O)(=O)O)cc2s1.OCCN(CCO)CCO. The zero-order valence-electron chi connectivity index (χ0n) is 12.9. The zero-order chi connectivity index (χ0) is 18.2. The molecule has 0 amide bonds. The Labute approximate surface area is 143 Å². The molecule has 0 atom stereocenters. The summed E-state index contributed by atoms with van der Waals surface area (Å²) in [5.41, 5.74) is 6.07. The van der Waals surface area contributed by atoms with E-state index in [0.29, 0.717) is 35.0 Å². The fourth-order valence-electron chi connectivity index (χ4n) is 1.84. The molecule has 136 valence electrons. The minimum absolute atomic E-state index is 0.0694. The number of nitrogen functional groups attached to an aromatic ring is 1. The van der Waals surface area contributed by atoms with Crippen LogP contribution in [0.1, 0.15) is 0 Å². The van der Waals surface area contributed by atoms with Gasteiger partial charge in [0.2, 0.25) is 0 Å². The first-order chi connectivity index (χ1) is 11.3. The van der Waals surface area contributed by atoms with Crippen LogP contribution < -0.4 is 5.73 Å². The summed E-state index contributed by atoms with van der Waals surface area (Å²) in [5.74, 6) is 0. The van der Waals surface area contributed by atoms with E-state index in [0.717, 1.165) is 0 Å². The first kappa shape index (κ1) is 20.7. The lowest BCUT2D eigenvalue weighted by atomic mass is 10.3. The molecule has 0 fully saturated rings. The first-order valence-corrected chi connectivity index (χ1v) is 9.26. The van der Waals surface area contributed by atoms with Crippen LogP contribution in [0.4, 0.5) is 5.13 Å². The van der Waals surface area contributed by atoms with E-state index >= 15 is 0 Å². The van der Waals surface area contributed by atoms with Crippen molar-refractivity contribution in [3.63, 3.8) is 0 Å². The molecule has 0 aliphatic rings. The van der Waals surface area contributed by atoms with Crippen molar-refractivity contribution in [1.82, 2.24) is 9.88 Å². The Balaban J connectivity index is 0.000000257. The molecule has 9 nitrogen and oxygen atoms in total. The fourth-order valence-corrected chi connectivity index (χ4v) is 3.20. The van der Waals surface area contributed by atoms with Crippen molar-refractivity contribution in [2.45, 2.75) is 4.90 Å². The van der Waals surface area contributed by atoms with Crippen LogP contribution in [0.15, 0.2) is 23.1 Å². The Bertz CT molecular complexity index is 720. The van der Waals surface area contributed by atoms with Gasteiger partial charge in [0, 0.05) is 19.6 Å². The molecule has 24 heavy (non-hydrogen) atoms. The van der Waals surface area contributed by atoms with Crippen LogP contribution in [-0.2, 0) is 10.1 Å². The molecule has 0 spiro atoms. The fraction of sp³-hybridized carbons (Fsp3) is 0.462. The van der Waals surface area contributed by atoms with Crippen LogP contribution in [0.3, 0.4) is 0 Å². The van der Waals surface area contributed by atoms with Crippen molar-refractivity contribution >= 4 is 36.8 Å². The molecule has 0 aliphatic heterocycles. The number of rotatable bonds is 7. The summed E-state index contributed by atoms with van der Waals surface area (Å²) < 4.78 is 31.0. The van der Waals surface area contributed by atoms with Crippen LogP contribution in [0.25, 0.3) is 10.2 Å². The van der Waals surface area contributed by atoms with Gasteiger partial charge in [-0.1, -0.05) is 11.3 Å². The molecular formula is C13H21N3O6S2. The number of aromatic nitrogens is 1. The van der Waals surface area contributed by atoms with E-state index in [1.807, 2.05) is 0 Å². The number of aliphatic hydroxyl groups is 3. The maximum Gasteiger partial charge on any atom is 0.294 e. The Morgan fingerprint density at radius 1 is 1.08 bits per heavy atom. The first-order valence-electron chi connectivity index (χ1n) is 7.00. The molecule has 0 bridgehead atoms. The number of benzene rings is 1. The lowest BCUT2D eigenvalue weighted by molar-refractivity contribution is 0.136. The maximum atomic E-state index is 10.8. The van der Waals surface area contributed by atoms with E-state index < -0.39 is 10.1 Å². The molecular weight excluding hydrogens is 358 g/mol.